The SMILES string of the molecule is C=CC(CC)CC(C)(CC)C(C)OC1=CN=C(C(C)C)N(C)C1C=C. The van der Waals surface area contributed by atoms with Gasteiger partial charge in [-0.25, -0.2) is 4.99 Å². The summed E-state index contributed by atoms with van der Waals surface area (Å²) in [5.74, 6) is 2.86. The third-order valence-corrected chi connectivity index (χ3v) is 5.82. The average molecular weight is 347 g/mol. The zero-order valence-electron chi connectivity index (χ0n) is 17.4. The van der Waals surface area contributed by atoms with Gasteiger partial charge in [0.05, 0.1) is 6.20 Å². The van der Waals surface area contributed by atoms with Gasteiger partial charge >= 0.3 is 0 Å². The molecule has 0 aliphatic carbocycles. The lowest BCUT2D eigenvalue weighted by Crippen LogP contribution is -2.44. The molecular formula is C22H38N2O. The Hall–Kier alpha value is -1.51. The van der Waals surface area contributed by atoms with Gasteiger partial charge in [-0.3, -0.25) is 0 Å². The van der Waals surface area contributed by atoms with Gasteiger partial charge in [-0.05, 0) is 32.1 Å². The lowest BCUT2D eigenvalue weighted by molar-refractivity contribution is -0.00493. The van der Waals surface area contributed by atoms with Crippen molar-refractivity contribution in [3.63, 3.8) is 0 Å². The summed E-state index contributed by atoms with van der Waals surface area (Å²) >= 11 is 0. The van der Waals surface area contributed by atoms with E-state index in [0.29, 0.717) is 11.8 Å². The van der Waals surface area contributed by atoms with Gasteiger partial charge in [0.1, 0.15) is 23.7 Å². The maximum absolute atomic E-state index is 6.45. The lowest BCUT2D eigenvalue weighted by atomic mass is 9.74. The third-order valence-electron chi connectivity index (χ3n) is 5.82. The van der Waals surface area contributed by atoms with Crippen molar-refractivity contribution in [2.75, 3.05) is 7.05 Å². The summed E-state index contributed by atoms with van der Waals surface area (Å²) in [5.41, 5.74) is 0.0992. The number of ether oxygens (including phenoxy) is 1. The third kappa shape index (κ3) is 4.99. The topological polar surface area (TPSA) is 24.8 Å². The van der Waals surface area contributed by atoms with Gasteiger partial charge in [0.25, 0.3) is 0 Å². The summed E-state index contributed by atoms with van der Waals surface area (Å²) in [6, 6.07) is 0.0415. The minimum absolute atomic E-state index is 0.0415. The predicted molar refractivity (Wildman–Crippen MR) is 110 cm³/mol. The van der Waals surface area contributed by atoms with Crippen LogP contribution in [0.2, 0.25) is 0 Å². The van der Waals surface area contributed by atoms with Crippen LogP contribution in [0.15, 0.2) is 42.3 Å². The van der Waals surface area contributed by atoms with Crippen LogP contribution in [0, 0.1) is 17.3 Å². The molecule has 0 saturated heterocycles. The number of aliphatic imine (C=N–C) groups is 1. The second-order valence-corrected chi connectivity index (χ2v) is 7.84. The van der Waals surface area contributed by atoms with E-state index >= 15 is 0 Å². The van der Waals surface area contributed by atoms with Gasteiger partial charge in [0, 0.05) is 18.4 Å². The predicted octanol–water partition coefficient (Wildman–Crippen LogP) is 5.81. The molecule has 1 aliphatic rings. The van der Waals surface area contributed by atoms with Gasteiger partial charge < -0.3 is 9.64 Å². The number of nitrogens with zero attached hydrogens (tertiary/aromatic N) is 2. The van der Waals surface area contributed by atoms with Crippen molar-refractivity contribution >= 4 is 5.84 Å². The molecule has 0 radical (unpaired) electrons. The fourth-order valence-corrected chi connectivity index (χ4v) is 3.50. The van der Waals surface area contributed by atoms with E-state index in [4.69, 9.17) is 4.74 Å². The van der Waals surface area contributed by atoms with Crippen LogP contribution < -0.4 is 0 Å². The molecule has 0 aromatic heterocycles. The first-order chi connectivity index (χ1) is 11.7. The van der Waals surface area contributed by atoms with E-state index < -0.39 is 0 Å². The van der Waals surface area contributed by atoms with Crippen LogP contribution in [0.4, 0.5) is 0 Å². The van der Waals surface area contributed by atoms with Gasteiger partial charge in [-0.15, -0.1) is 13.2 Å². The molecule has 3 heteroatoms. The summed E-state index contributed by atoms with van der Waals surface area (Å²) in [6.45, 7) is 21.3. The van der Waals surface area contributed by atoms with Crippen LogP contribution in [0.3, 0.4) is 0 Å². The van der Waals surface area contributed by atoms with Crippen LogP contribution >= 0.6 is 0 Å². The number of amidine groups is 1. The Morgan fingerprint density at radius 2 is 1.96 bits per heavy atom. The van der Waals surface area contributed by atoms with Gasteiger partial charge in [0.15, 0.2) is 0 Å². The van der Waals surface area contributed by atoms with E-state index in [2.05, 4.69) is 77.7 Å². The fourth-order valence-electron chi connectivity index (χ4n) is 3.50. The summed E-state index contributed by atoms with van der Waals surface area (Å²) in [6.07, 6.45) is 9.29. The molecule has 0 aromatic carbocycles. The van der Waals surface area contributed by atoms with Crippen LogP contribution in [0.25, 0.3) is 0 Å². The van der Waals surface area contributed by atoms with E-state index in [-0.39, 0.29) is 17.6 Å². The molecule has 1 aliphatic heterocycles. The van der Waals surface area contributed by atoms with Crippen molar-refractivity contribution in [2.45, 2.75) is 73.0 Å². The van der Waals surface area contributed by atoms with E-state index in [1.54, 1.807) is 0 Å². The zero-order valence-corrected chi connectivity index (χ0v) is 17.4. The maximum atomic E-state index is 6.45. The van der Waals surface area contributed by atoms with Crippen LogP contribution in [-0.4, -0.2) is 29.9 Å². The Labute approximate surface area is 155 Å². The summed E-state index contributed by atoms with van der Waals surface area (Å²) in [5, 5.41) is 0. The molecule has 0 saturated carbocycles. The molecule has 1 heterocycles. The minimum Gasteiger partial charge on any atom is -0.490 e. The quantitative estimate of drug-likeness (QED) is 0.467. The van der Waals surface area contributed by atoms with Gasteiger partial charge in [-0.2, -0.15) is 0 Å². The Balaban J connectivity index is 3.00. The second kappa shape index (κ2) is 9.26. The molecule has 1 rings (SSSR count). The molecule has 0 fully saturated rings. The van der Waals surface area contributed by atoms with Crippen LogP contribution in [0.1, 0.15) is 60.8 Å². The number of likely N-dealkylation sites (N-methyl/N-ethyl adjacent to an activating group) is 1. The molecule has 25 heavy (non-hydrogen) atoms. The van der Waals surface area contributed by atoms with Crippen molar-refractivity contribution in [3.05, 3.63) is 37.3 Å². The lowest BCUT2D eigenvalue weighted by Gasteiger charge is -2.40. The van der Waals surface area contributed by atoms with Crippen molar-refractivity contribution in [1.82, 2.24) is 4.90 Å². The number of rotatable bonds is 10. The summed E-state index contributed by atoms with van der Waals surface area (Å²) < 4.78 is 6.45. The average Bonchev–Trinajstić information content (AvgIpc) is 2.59. The Bertz CT molecular complexity index is 520. The molecule has 0 amide bonds. The molecule has 4 atom stereocenters. The number of hydrogen-bond donors (Lipinski definition) is 0. The Morgan fingerprint density at radius 3 is 2.40 bits per heavy atom. The highest BCUT2D eigenvalue weighted by Gasteiger charge is 2.35. The van der Waals surface area contributed by atoms with E-state index in [0.717, 1.165) is 30.9 Å². The molecule has 0 aromatic rings. The monoisotopic (exact) mass is 346 g/mol. The molecule has 0 spiro atoms. The van der Waals surface area contributed by atoms with E-state index in [9.17, 15) is 0 Å². The van der Waals surface area contributed by atoms with Crippen LogP contribution in [0.5, 0.6) is 0 Å². The molecule has 4 unspecified atom stereocenters. The summed E-state index contributed by atoms with van der Waals surface area (Å²) in [7, 11) is 2.07. The first-order valence-corrected chi connectivity index (χ1v) is 9.66. The largest absolute Gasteiger partial charge is 0.490 e. The first-order valence-electron chi connectivity index (χ1n) is 9.66. The highest BCUT2D eigenvalue weighted by atomic mass is 16.5. The van der Waals surface area contributed by atoms with Crippen molar-refractivity contribution in [2.24, 2.45) is 22.2 Å². The van der Waals surface area contributed by atoms with Crippen molar-refractivity contribution in [3.8, 4) is 0 Å². The number of allylic oxidation sites excluding steroid dienone is 1. The highest BCUT2D eigenvalue weighted by molar-refractivity contribution is 5.86. The van der Waals surface area contributed by atoms with Gasteiger partial charge in [-0.1, -0.05) is 46.8 Å². The first kappa shape index (κ1) is 21.5. The Morgan fingerprint density at radius 1 is 1.32 bits per heavy atom. The van der Waals surface area contributed by atoms with Crippen LogP contribution in [-0.2, 0) is 4.74 Å². The molecule has 0 N–H and O–H groups in total. The number of hydrogen-bond acceptors (Lipinski definition) is 3. The van der Waals surface area contributed by atoms with Crippen molar-refractivity contribution in [1.29, 1.82) is 0 Å². The normalized spacial score (nSPS) is 22.6. The minimum atomic E-state index is 0.0415. The zero-order chi connectivity index (χ0) is 19.2. The van der Waals surface area contributed by atoms with E-state index in [1.165, 1.54) is 0 Å². The highest BCUT2D eigenvalue weighted by Crippen LogP contribution is 2.38. The molecule has 0 bridgehead atoms. The maximum Gasteiger partial charge on any atom is 0.141 e. The molecule has 142 valence electrons. The smallest absolute Gasteiger partial charge is 0.141 e. The molecular weight excluding hydrogens is 308 g/mol. The summed E-state index contributed by atoms with van der Waals surface area (Å²) in [4.78, 5) is 6.80. The van der Waals surface area contributed by atoms with Gasteiger partial charge in [0.2, 0.25) is 0 Å². The van der Waals surface area contributed by atoms with E-state index in [1.807, 2.05) is 12.3 Å². The fraction of sp³-hybridized carbons (Fsp3) is 0.682. The Kier molecular flexibility index (Phi) is 7.98. The van der Waals surface area contributed by atoms with Crippen molar-refractivity contribution < 1.29 is 4.74 Å². The standard InChI is InChI=1S/C22H38N2O/c1-10-18(11-2)14-22(8,13-4)17(7)25-20-15-23-21(16(5)6)24(9)19(20)12-3/h10,12,15-19H,1,3,11,13-14H2,2,4-9H3. The second-order valence-electron chi connectivity index (χ2n) is 7.84. The molecule has 3 nitrogen and oxygen atoms in total.